The number of carbonyl (C=O) groups excluding carboxylic acids is 3. The highest BCUT2D eigenvalue weighted by Gasteiger charge is 2.18. The number of esters is 1. The number of nitro benzene ring substituents is 1. The number of anilines is 1. The highest BCUT2D eigenvalue weighted by Crippen LogP contribution is 2.27. The molecule has 0 bridgehead atoms. The number of benzene rings is 2. The summed E-state index contributed by atoms with van der Waals surface area (Å²) in [4.78, 5) is 46.0. The molecular weight excluding hydrogens is 434 g/mol. The van der Waals surface area contributed by atoms with Crippen LogP contribution in [0.4, 0.5) is 11.4 Å². The Balaban J connectivity index is 1.84. The number of carbonyl (C=O) groups is 3. The van der Waals surface area contributed by atoms with Crippen molar-refractivity contribution in [2.75, 3.05) is 18.5 Å². The zero-order valence-corrected chi connectivity index (χ0v) is 16.3. The summed E-state index contributed by atoms with van der Waals surface area (Å²) < 4.78 is 5.49. The van der Waals surface area contributed by atoms with Gasteiger partial charge in [0.25, 0.3) is 17.5 Å². The molecule has 0 saturated carbocycles. The summed E-state index contributed by atoms with van der Waals surface area (Å²) in [6.45, 7) is 0.534. The third kappa shape index (κ3) is 5.88. The van der Waals surface area contributed by atoms with Gasteiger partial charge in [-0.05, 0) is 30.7 Å². The van der Waals surface area contributed by atoms with Crippen molar-refractivity contribution in [2.24, 2.45) is 0 Å². The summed E-state index contributed by atoms with van der Waals surface area (Å²) in [5, 5.41) is 15.8. The minimum Gasteiger partial charge on any atom is -0.454 e. The Morgan fingerprint density at radius 2 is 1.89 bits per heavy atom. The molecule has 0 saturated heterocycles. The van der Waals surface area contributed by atoms with E-state index in [1.165, 1.54) is 12.1 Å². The van der Waals surface area contributed by atoms with Crippen molar-refractivity contribution in [3.63, 3.8) is 0 Å². The van der Waals surface area contributed by atoms with Gasteiger partial charge in [-0.3, -0.25) is 24.5 Å². The smallest absolute Gasteiger partial charge is 0.325 e. The van der Waals surface area contributed by atoms with Crippen molar-refractivity contribution in [3.05, 3.63) is 68.2 Å². The predicted molar refractivity (Wildman–Crippen MR) is 104 cm³/mol. The fourth-order valence-electron chi connectivity index (χ4n) is 2.22. The fourth-order valence-corrected chi connectivity index (χ4v) is 2.62. The Hall–Kier alpha value is -3.27. The number of hydrogen-bond donors (Lipinski definition) is 2. The van der Waals surface area contributed by atoms with Gasteiger partial charge in [-0.1, -0.05) is 34.1 Å². The van der Waals surface area contributed by atoms with E-state index in [9.17, 15) is 24.5 Å². The minimum absolute atomic E-state index is 0.0384. The molecule has 2 aromatic carbocycles. The maximum absolute atomic E-state index is 11.9. The predicted octanol–water partition coefficient (Wildman–Crippen LogP) is 2.58. The average Bonchev–Trinajstić information content (AvgIpc) is 2.65. The number of halogens is 1. The van der Waals surface area contributed by atoms with Gasteiger partial charge in [0.05, 0.1) is 4.92 Å². The highest BCUT2D eigenvalue weighted by molar-refractivity contribution is 9.10. The summed E-state index contributed by atoms with van der Waals surface area (Å²) >= 11 is 3.24. The van der Waals surface area contributed by atoms with Crippen LogP contribution in [0.5, 0.6) is 0 Å². The number of hydrogen-bond acceptors (Lipinski definition) is 6. The van der Waals surface area contributed by atoms with Gasteiger partial charge in [0, 0.05) is 16.1 Å². The van der Waals surface area contributed by atoms with Crippen LogP contribution in [0.15, 0.2) is 46.9 Å². The Morgan fingerprint density at radius 3 is 2.57 bits per heavy atom. The van der Waals surface area contributed by atoms with E-state index >= 15 is 0 Å². The van der Waals surface area contributed by atoms with E-state index in [1.54, 1.807) is 37.3 Å². The van der Waals surface area contributed by atoms with E-state index in [0.717, 1.165) is 0 Å². The first-order chi connectivity index (χ1) is 13.3. The third-order valence-electron chi connectivity index (χ3n) is 3.56. The van der Waals surface area contributed by atoms with Crippen molar-refractivity contribution >= 4 is 45.1 Å². The van der Waals surface area contributed by atoms with Gasteiger partial charge < -0.3 is 15.4 Å². The van der Waals surface area contributed by atoms with Crippen LogP contribution in [0.1, 0.15) is 15.9 Å². The van der Waals surface area contributed by atoms with E-state index in [-0.39, 0.29) is 11.4 Å². The van der Waals surface area contributed by atoms with Gasteiger partial charge >= 0.3 is 5.97 Å². The van der Waals surface area contributed by atoms with Crippen molar-refractivity contribution in [1.29, 1.82) is 0 Å². The quantitative estimate of drug-likeness (QED) is 0.379. The molecule has 0 fully saturated rings. The summed E-state index contributed by atoms with van der Waals surface area (Å²) in [6, 6.07) is 10.9. The van der Waals surface area contributed by atoms with E-state index < -0.39 is 35.9 Å². The largest absolute Gasteiger partial charge is 0.454 e. The summed E-state index contributed by atoms with van der Waals surface area (Å²) in [7, 11) is 0. The zero-order chi connectivity index (χ0) is 20.7. The molecule has 146 valence electrons. The van der Waals surface area contributed by atoms with Crippen LogP contribution in [-0.4, -0.2) is 35.9 Å². The number of aryl methyl sites for hydroxylation is 1. The van der Waals surface area contributed by atoms with Crippen molar-refractivity contribution < 1.29 is 24.0 Å². The van der Waals surface area contributed by atoms with Crippen molar-refractivity contribution in [2.45, 2.75) is 6.92 Å². The van der Waals surface area contributed by atoms with Crippen molar-refractivity contribution in [1.82, 2.24) is 5.32 Å². The zero-order valence-electron chi connectivity index (χ0n) is 14.7. The van der Waals surface area contributed by atoms with E-state index in [1.807, 2.05) is 0 Å². The maximum atomic E-state index is 11.9. The summed E-state index contributed by atoms with van der Waals surface area (Å²) in [6.07, 6.45) is 0. The lowest BCUT2D eigenvalue weighted by atomic mass is 10.1. The highest BCUT2D eigenvalue weighted by atomic mass is 79.9. The number of amides is 2. The summed E-state index contributed by atoms with van der Waals surface area (Å²) in [5.41, 5.74) is 0.624. The monoisotopic (exact) mass is 449 g/mol. The maximum Gasteiger partial charge on any atom is 0.325 e. The second kappa shape index (κ2) is 9.60. The molecule has 2 N–H and O–H groups in total. The fraction of sp³-hybridized carbons (Fsp3) is 0.167. The normalized spacial score (nSPS) is 10.1. The molecule has 2 amide bonds. The van der Waals surface area contributed by atoms with Crippen LogP contribution in [0.3, 0.4) is 0 Å². The molecule has 0 aliphatic heterocycles. The van der Waals surface area contributed by atoms with Crippen LogP contribution >= 0.6 is 15.9 Å². The molecule has 10 heteroatoms. The Bertz CT molecular complexity index is 931. The first-order valence-corrected chi connectivity index (χ1v) is 8.80. The molecule has 0 aliphatic rings. The van der Waals surface area contributed by atoms with E-state index in [4.69, 9.17) is 4.74 Å². The molecule has 0 aliphatic carbocycles. The van der Waals surface area contributed by atoms with Gasteiger partial charge in [0.1, 0.15) is 12.2 Å². The second-order valence-electron chi connectivity index (χ2n) is 5.63. The molecule has 0 atom stereocenters. The molecule has 9 nitrogen and oxygen atoms in total. The summed E-state index contributed by atoms with van der Waals surface area (Å²) in [5.74, 6) is -2.03. The Morgan fingerprint density at radius 1 is 1.18 bits per heavy atom. The molecule has 2 rings (SSSR count). The number of nitrogens with zero attached hydrogens (tertiary/aromatic N) is 1. The molecule has 0 heterocycles. The van der Waals surface area contributed by atoms with Gasteiger partial charge in [0.2, 0.25) is 0 Å². The van der Waals surface area contributed by atoms with Crippen LogP contribution in [0.25, 0.3) is 0 Å². The first-order valence-electron chi connectivity index (χ1n) is 8.01. The van der Waals surface area contributed by atoms with Crippen LogP contribution in [-0.2, 0) is 14.3 Å². The van der Waals surface area contributed by atoms with Gasteiger partial charge in [0.15, 0.2) is 6.61 Å². The van der Waals surface area contributed by atoms with Gasteiger partial charge in [-0.15, -0.1) is 0 Å². The Kier molecular flexibility index (Phi) is 7.21. The van der Waals surface area contributed by atoms with Crippen molar-refractivity contribution in [3.8, 4) is 0 Å². The third-order valence-corrected chi connectivity index (χ3v) is 4.05. The Labute approximate surface area is 168 Å². The molecule has 28 heavy (non-hydrogen) atoms. The number of nitrogens with one attached hydrogen (secondary N) is 2. The van der Waals surface area contributed by atoms with Gasteiger partial charge in [-0.25, -0.2) is 0 Å². The number of rotatable bonds is 7. The molecule has 0 unspecified atom stereocenters. The van der Waals surface area contributed by atoms with Gasteiger partial charge in [-0.2, -0.15) is 0 Å². The molecule has 2 aromatic rings. The molecule has 0 aromatic heterocycles. The topological polar surface area (TPSA) is 128 Å². The molecule has 0 spiro atoms. The SMILES string of the molecule is Cc1cccc([N+](=O)[O-])c1NC(=O)COC(=O)CNC(=O)c1cccc(Br)c1. The van der Waals surface area contributed by atoms with Crippen LogP contribution in [0, 0.1) is 17.0 Å². The van der Waals surface area contributed by atoms with Crippen LogP contribution in [0.2, 0.25) is 0 Å². The number of nitro groups is 1. The lowest BCUT2D eigenvalue weighted by Crippen LogP contribution is -2.32. The van der Waals surface area contributed by atoms with E-state index in [0.29, 0.717) is 15.6 Å². The lowest BCUT2D eigenvalue weighted by molar-refractivity contribution is -0.384. The van der Waals surface area contributed by atoms with E-state index in [2.05, 4.69) is 26.6 Å². The standard InChI is InChI=1S/C18H16BrN3O6/c1-11-4-2-7-14(22(26)27)17(11)21-15(23)10-28-16(24)9-20-18(25)12-5-3-6-13(19)8-12/h2-8H,9-10H2,1H3,(H,20,25)(H,21,23). The minimum atomic E-state index is -0.821. The lowest BCUT2D eigenvalue weighted by Gasteiger charge is -2.10. The molecular formula is C18H16BrN3O6. The number of para-hydroxylation sites is 1. The van der Waals surface area contributed by atoms with Crippen LogP contribution < -0.4 is 10.6 Å². The second-order valence-corrected chi connectivity index (χ2v) is 6.54. The number of ether oxygens (including phenoxy) is 1. The molecule has 0 radical (unpaired) electrons. The first kappa shape index (κ1) is 21.0. The average molecular weight is 450 g/mol.